The molecule has 0 saturated carbocycles. The Bertz CT molecular complexity index is 951. The number of aromatic nitrogens is 2. The minimum atomic E-state index is -0.247. The van der Waals surface area contributed by atoms with E-state index < -0.39 is 0 Å². The van der Waals surface area contributed by atoms with Crippen molar-refractivity contribution in [1.29, 1.82) is 0 Å². The molecule has 2 amide bonds. The van der Waals surface area contributed by atoms with Gasteiger partial charge in [0.2, 0.25) is 0 Å². The fourth-order valence-corrected chi connectivity index (χ4v) is 3.69. The van der Waals surface area contributed by atoms with Crippen molar-refractivity contribution in [1.82, 2.24) is 9.97 Å². The van der Waals surface area contributed by atoms with Gasteiger partial charge in [0.05, 0.1) is 17.3 Å². The monoisotopic (exact) mass is 382 g/mol. The van der Waals surface area contributed by atoms with E-state index in [1.807, 2.05) is 36.4 Å². The van der Waals surface area contributed by atoms with Crippen molar-refractivity contribution in [2.24, 2.45) is 0 Å². The molecular formula is C19H15ClN4OS. The Morgan fingerprint density at radius 3 is 2.69 bits per heavy atom. The number of benzene rings is 2. The molecule has 7 heteroatoms. The fourth-order valence-electron chi connectivity index (χ4n) is 2.68. The smallest absolute Gasteiger partial charge is 0.291 e. The van der Waals surface area contributed by atoms with Gasteiger partial charge in [0.25, 0.3) is 0 Å². The molecule has 1 aliphatic rings. The predicted molar refractivity (Wildman–Crippen MR) is 105 cm³/mol. The molecule has 26 heavy (non-hydrogen) atoms. The van der Waals surface area contributed by atoms with E-state index in [0.29, 0.717) is 28.2 Å². The van der Waals surface area contributed by atoms with Gasteiger partial charge in [-0.25, -0.2) is 14.8 Å². The quantitative estimate of drug-likeness (QED) is 0.511. The Labute approximate surface area is 160 Å². The maximum absolute atomic E-state index is 12.5. The summed E-state index contributed by atoms with van der Waals surface area (Å²) in [5.74, 6) is 1.34. The summed E-state index contributed by atoms with van der Waals surface area (Å²) in [6.07, 6.45) is 1.76. The second kappa shape index (κ2) is 7.35. The molecule has 1 N–H and O–H groups in total. The van der Waals surface area contributed by atoms with Gasteiger partial charge in [0, 0.05) is 17.5 Å². The van der Waals surface area contributed by atoms with Gasteiger partial charge in [-0.3, -0.25) is 10.2 Å². The molecule has 0 saturated heterocycles. The van der Waals surface area contributed by atoms with Crippen LogP contribution in [0, 0.1) is 0 Å². The highest BCUT2D eigenvalue weighted by atomic mass is 35.5. The predicted octanol–water partition coefficient (Wildman–Crippen LogP) is 4.97. The van der Waals surface area contributed by atoms with E-state index in [0.717, 1.165) is 11.3 Å². The minimum Gasteiger partial charge on any atom is -0.291 e. The van der Waals surface area contributed by atoms with Crippen molar-refractivity contribution in [2.45, 2.75) is 17.5 Å². The second-order valence-corrected chi connectivity index (χ2v) is 7.12. The molecule has 0 radical (unpaired) electrons. The molecule has 0 aliphatic carbocycles. The third-order valence-electron chi connectivity index (χ3n) is 4.00. The first-order valence-corrected chi connectivity index (χ1v) is 9.43. The first-order valence-electron chi connectivity index (χ1n) is 8.06. The summed E-state index contributed by atoms with van der Waals surface area (Å²) in [6.45, 7) is 0.383. The summed E-state index contributed by atoms with van der Waals surface area (Å²) in [4.78, 5) is 23.0. The minimum absolute atomic E-state index is 0.247. The maximum atomic E-state index is 12.5. The van der Waals surface area contributed by atoms with Crippen LogP contribution in [0.1, 0.15) is 11.1 Å². The highest BCUT2D eigenvalue weighted by Crippen LogP contribution is 2.32. The molecule has 5 nitrogen and oxygen atoms in total. The van der Waals surface area contributed by atoms with Crippen molar-refractivity contribution in [3.8, 4) is 0 Å². The number of amides is 2. The molecule has 0 unspecified atom stereocenters. The molecule has 1 aliphatic heterocycles. The Morgan fingerprint density at radius 1 is 1.12 bits per heavy atom. The number of nitrogens with zero attached hydrogens (tertiary/aromatic N) is 3. The van der Waals surface area contributed by atoms with E-state index in [2.05, 4.69) is 27.4 Å². The number of para-hydroxylation sites is 1. The normalized spacial score (nSPS) is 13.3. The highest BCUT2D eigenvalue weighted by molar-refractivity contribution is 7.98. The number of hydrogen-bond donors (Lipinski definition) is 1. The third-order valence-corrected chi connectivity index (χ3v) is 5.25. The van der Waals surface area contributed by atoms with Gasteiger partial charge in [-0.15, -0.1) is 0 Å². The van der Waals surface area contributed by atoms with Crippen molar-refractivity contribution >= 4 is 40.9 Å². The topological polar surface area (TPSA) is 58.1 Å². The van der Waals surface area contributed by atoms with E-state index in [1.54, 1.807) is 17.2 Å². The summed E-state index contributed by atoms with van der Waals surface area (Å²) in [5.41, 5.74) is 2.72. The Kier molecular flexibility index (Phi) is 4.77. The van der Waals surface area contributed by atoms with Crippen LogP contribution >= 0.6 is 23.4 Å². The average Bonchev–Trinajstić information content (AvgIpc) is 2.67. The van der Waals surface area contributed by atoms with Gasteiger partial charge in [0.1, 0.15) is 5.82 Å². The molecule has 2 heterocycles. The number of carbonyl (C=O) groups excluding carboxylic acids is 1. The number of anilines is 2. The number of nitrogens with one attached hydrogen (secondary N) is 1. The van der Waals surface area contributed by atoms with Gasteiger partial charge in [-0.1, -0.05) is 65.8 Å². The van der Waals surface area contributed by atoms with E-state index >= 15 is 0 Å². The van der Waals surface area contributed by atoms with Crippen molar-refractivity contribution < 1.29 is 4.79 Å². The number of urea groups is 1. The standard InChI is InChI=1S/C19H15ClN4OS/c20-15-8-4-5-9-16(15)24-11-14-10-21-18(22-17(14)23-19(24)25)26-12-13-6-2-1-3-7-13/h1-10H,11-12H2,(H,21,22,23,25). The van der Waals surface area contributed by atoms with Crippen molar-refractivity contribution in [2.75, 3.05) is 10.2 Å². The third kappa shape index (κ3) is 3.52. The lowest BCUT2D eigenvalue weighted by Gasteiger charge is -2.29. The van der Waals surface area contributed by atoms with E-state index in [1.165, 1.54) is 17.3 Å². The van der Waals surface area contributed by atoms with E-state index in [9.17, 15) is 4.79 Å². The molecule has 1 aromatic heterocycles. The number of halogens is 1. The van der Waals surface area contributed by atoms with Gasteiger partial charge >= 0.3 is 6.03 Å². The number of carbonyl (C=O) groups is 1. The van der Waals surface area contributed by atoms with Crippen LogP contribution in [0.4, 0.5) is 16.3 Å². The van der Waals surface area contributed by atoms with Crippen LogP contribution < -0.4 is 10.2 Å². The lowest BCUT2D eigenvalue weighted by molar-refractivity contribution is 0.256. The van der Waals surface area contributed by atoms with Crippen LogP contribution in [0.3, 0.4) is 0 Å². The molecule has 0 spiro atoms. The maximum Gasteiger partial charge on any atom is 0.327 e. The van der Waals surface area contributed by atoms with Gasteiger partial charge in [-0.2, -0.15) is 0 Å². The molecular weight excluding hydrogens is 368 g/mol. The summed E-state index contributed by atoms with van der Waals surface area (Å²) >= 11 is 7.76. The molecule has 4 rings (SSSR count). The summed E-state index contributed by atoms with van der Waals surface area (Å²) < 4.78 is 0. The number of hydrogen-bond acceptors (Lipinski definition) is 4. The molecule has 130 valence electrons. The summed E-state index contributed by atoms with van der Waals surface area (Å²) in [5, 5.41) is 4.01. The van der Waals surface area contributed by atoms with Crippen LogP contribution in [0.2, 0.25) is 5.02 Å². The van der Waals surface area contributed by atoms with Gasteiger partial charge in [-0.05, 0) is 17.7 Å². The van der Waals surface area contributed by atoms with E-state index in [-0.39, 0.29) is 6.03 Å². The van der Waals surface area contributed by atoms with Crippen LogP contribution in [0.25, 0.3) is 0 Å². The number of rotatable bonds is 4. The molecule has 0 atom stereocenters. The average molecular weight is 383 g/mol. The SMILES string of the molecule is O=C1Nc2nc(SCc3ccccc3)ncc2CN1c1ccccc1Cl. The first-order chi connectivity index (χ1) is 12.7. The Balaban J connectivity index is 1.52. The van der Waals surface area contributed by atoms with Crippen molar-refractivity contribution in [3.05, 3.63) is 76.9 Å². The lowest BCUT2D eigenvalue weighted by Crippen LogP contribution is -2.39. The highest BCUT2D eigenvalue weighted by Gasteiger charge is 2.26. The lowest BCUT2D eigenvalue weighted by atomic mass is 10.2. The fraction of sp³-hybridized carbons (Fsp3) is 0.105. The molecule has 3 aromatic rings. The van der Waals surface area contributed by atoms with Gasteiger partial charge < -0.3 is 0 Å². The number of thioether (sulfide) groups is 1. The summed E-state index contributed by atoms with van der Waals surface area (Å²) in [7, 11) is 0. The van der Waals surface area contributed by atoms with Crippen LogP contribution in [0.5, 0.6) is 0 Å². The van der Waals surface area contributed by atoms with Gasteiger partial charge in [0.15, 0.2) is 5.16 Å². The molecule has 0 bridgehead atoms. The first kappa shape index (κ1) is 16.9. The van der Waals surface area contributed by atoms with E-state index in [4.69, 9.17) is 11.6 Å². The Morgan fingerprint density at radius 2 is 1.88 bits per heavy atom. The number of fused-ring (bicyclic) bond motifs is 1. The van der Waals surface area contributed by atoms with Crippen LogP contribution in [-0.4, -0.2) is 16.0 Å². The second-order valence-electron chi connectivity index (χ2n) is 5.77. The zero-order valence-corrected chi connectivity index (χ0v) is 15.3. The van der Waals surface area contributed by atoms with Crippen molar-refractivity contribution in [3.63, 3.8) is 0 Å². The molecule has 2 aromatic carbocycles. The Hall–Kier alpha value is -2.57. The molecule has 0 fully saturated rings. The zero-order valence-electron chi connectivity index (χ0n) is 13.7. The largest absolute Gasteiger partial charge is 0.327 e. The summed E-state index contributed by atoms with van der Waals surface area (Å²) in [6, 6.07) is 17.2. The van der Waals surface area contributed by atoms with Crippen LogP contribution in [-0.2, 0) is 12.3 Å². The van der Waals surface area contributed by atoms with Crippen LogP contribution in [0.15, 0.2) is 66.0 Å². The zero-order chi connectivity index (χ0) is 17.9.